The van der Waals surface area contributed by atoms with Crippen molar-refractivity contribution in [2.45, 2.75) is 26.3 Å². The van der Waals surface area contributed by atoms with Crippen LogP contribution < -0.4 is 10.5 Å². The van der Waals surface area contributed by atoms with Crippen LogP contribution in [0.15, 0.2) is 47.5 Å². The zero-order chi connectivity index (χ0) is 20.2. The summed E-state index contributed by atoms with van der Waals surface area (Å²) >= 11 is 0. The fourth-order valence-corrected chi connectivity index (χ4v) is 3.57. The number of hydrogen-bond acceptors (Lipinski definition) is 6. The molecule has 29 heavy (non-hydrogen) atoms. The molecule has 1 fully saturated rings. The number of nitrogens with zero attached hydrogens (tertiary/aromatic N) is 6. The molecule has 1 aliphatic rings. The Kier molecular flexibility index (Phi) is 5.50. The first-order valence-electron chi connectivity index (χ1n) is 10.00. The molecule has 0 unspecified atom stereocenters. The molecule has 1 saturated heterocycles. The lowest BCUT2D eigenvalue weighted by Gasteiger charge is -2.34. The molecule has 0 atom stereocenters. The van der Waals surface area contributed by atoms with E-state index in [4.69, 9.17) is 0 Å². The number of unbranched alkanes of at least 4 members (excludes halogenated alkanes) is 1. The number of anilines is 1. The fourth-order valence-electron chi connectivity index (χ4n) is 3.57. The van der Waals surface area contributed by atoms with E-state index in [9.17, 15) is 9.59 Å². The standard InChI is InChI=1S/C21H24N6O2/c1-2-3-11-27-19(28)17-8-5-4-7-16(17)18(24-27)20(29)25-12-14-26(15-13-25)21-22-9-6-10-23-21/h4-10H,2-3,11-15H2,1H3. The van der Waals surface area contributed by atoms with Gasteiger partial charge in [-0.2, -0.15) is 5.10 Å². The highest BCUT2D eigenvalue weighted by Gasteiger charge is 2.26. The molecule has 1 aliphatic heterocycles. The van der Waals surface area contributed by atoms with Crippen LogP contribution in [0.5, 0.6) is 0 Å². The van der Waals surface area contributed by atoms with E-state index in [1.807, 2.05) is 12.1 Å². The largest absolute Gasteiger partial charge is 0.337 e. The minimum absolute atomic E-state index is 0.139. The van der Waals surface area contributed by atoms with Gasteiger partial charge in [-0.05, 0) is 18.6 Å². The third-order valence-electron chi connectivity index (χ3n) is 5.20. The number of benzene rings is 1. The van der Waals surface area contributed by atoms with E-state index in [1.54, 1.807) is 35.5 Å². The van der Waals surface area contributed by atoms with Gasteiger partial charge in [-0.3, -0.25) is 9.59 Å². The van der Waals surface area contributed by atoms with Crippen LogP contribution in [0.3, 0.4) is 0 Å². The maximum Gasteiger partial charge on any atom is 0.275 e. The number of hydrogen-bond donors (Lipinski definition) is 0. The summed E-state index contributed by atoms with van der Waals surface area (Å²) in [7, 11) is 0. The van der Waals surface area contributed by atoms with E-state index in [0.717, 1.165) is 12.8 Å². The molecular formula is C21H24N6O2. The van der Waals surface area contributed by atoms with Crippen molar-refractivity contribution in [1.82, 2.24) is 24.6 Å². The lowest BCUT2D eigenvalue weighted by atomic mass is 10.1. The lowest BCUT2D eigenvalue weighted by molar-refractivity contribution is 0.0739. The molecule has 8 heteroatoms. The topological polar surface area (TPSA) is 84.2 Å². The Morgan fingerprint density at radius 2 is 1.69 bits per heavy atom. The molecule has 3 heterocycles. The molecule has 1 amide bonds. The smallest absolute Gasteiger partial charge is 0.275 e. The van der Waals surface area contributed by atoms with Crippen molar-refractivity contribution in [2.24, 2.45) is 0 Å². The summed E-state index contributed by atoms with van der Waals surface area (Å²) in [6.45, 7) is 5.00. The third kappa shape index (κ3) is 3.83. The maximum absolute atomic E-state index is 13.3. The van der Waals surface area contributed by atoms with Crippen LogP contribution in [0.4, 0.5) is 5.95 Å². The van der Waals surface area contributed by atoms with Crippen LogP contribution in [-0.2, 0) is 6.54 Å². The number of aryl methyl sites for hydroxylation is 1. The predicted molar refractivity (Wildman–Crippen MR) is 111 cm³/mol. The van der Waals surface area contributed by atoms with Crippen molar-refractivity contribution in [3.8, 4) is 0 Å². The molecule has 0 spiro atoms. The van der Waals surface area contributed by atoms with Gasteiger partial charge in [-0.15, -0.1) is 0 Å². The first-order chi connectivity index (χ1) is 14.2. The van der Waals surface area contributed by atoms with Crippen molar-refractivity contribution in [3.63, 3.8) is 0 Å². The number of carbonyl (C=O) groups is 1. The van der Waals surface area contributed by atoms with E-state index in [1.165, 1.54) is 4.68 Å². The van der Waals surface area contributed by atoms with Gasteiger partial charge in [0.2, 0.25) is 5.95 Å². The summed E-state index contributed by atoms with van der Waals surface area (Å²) in [4.78, 5) is 38.5. The molecule has 2 aromatic heterocycles. The van der Waals surface area contributed by atoms with Crippen molar-refractivity contribution < 1.29 is 4.79 Å². The monoisotopic (exact) mass is 392 g/mol. The van der Waals surface area contributed by atoms with Gasteiger partial charge >= 0.3 is 0 Å². The summed E-state index contributed by atoms with van der Waals surface area (Å²) in [5.74, 6) is 0.538. The molecule has 1 aromatic carbocycles. The van der Waals surface area contributed by atoms with Crippen molar-refractivity contribution in [3.05, 3.63) is 58.8 Å². The van der Waals surface area contributed by atoms with E-state index in [2.05, 4.69) is 26.9 Å². The molecule has 0 saturated carbocycles. The number of aromatic nitrogens is 4. The van der Waals surface area contributed by atoms with Crippen LogP contribution in [0.1, 0.15) is 30.3 Å². The first-order valence-corrected chi connectivity index (χ1v) is 10.00. The summed E-state index contributed by atoms with van der Waals surface area (Å²) in [5, 5.41) is 5.62. The minimum Gasteiger partial charge on any atom is -0.337 e. The molecule has 4 rings (SSSR count). The van der Waals surface area contributed by atoms with Gasteiger partial charge in [0.05, 0.1) is 5.39 Å². The second kappa shape index (κ2) is 8.38. The number of amides is 1. The normalized spacial score (nSPS) is 14.4. The second-order valence-corrected chi connectivity index (χ2v) is 7.10. The summed E-state index contributed by atoms with van der Waals surface area (Å²) in [6, 6.07) is 9.01. The van der Waals surface area contributed by atoms with Crippen LogP contribution in [0.2, 0.25) is 0 Å². The molecule has 3 aromatic rings. The minimum atomic E-state index is -0.142. The van der Waals surface area contributed by atoms with E-state index < -0.39 is 0 Å². The maximum atomic E-state index is 13.3. The molecule has 0 N–H and O–H groups in total. The van der Waals surface area contributed by atoms with Gasteiger partial charge in [0.15, 0.2) is 5.69 Å². The lowest BCUT2D eigenvalue weighted by Crippen LogP contribution is -2.49. The van der Waals surface area contributed by atoms with Crippen LogP contribution >= 0.6 is 0 Å². The average Bonchev–Trinajstić information content (AvgIpc) is 2.79. The molecule has 0 radical (unpaired) electrons. The number of rotatable bonds is 5. The highest BCUT2D eigenvalue weighted by atomic mass is 16.2. The second-order valence-electron chi connectivity index (χ2n) is 7.10. The van der Waals surface area contributed by atoms with Crippen LogP contribution in [0, 0.1) is 0 Å². The summed E-state index contributed by atoms with van der Waals surface area (Å²) in [5.41, 5.74) is 0.206. The Morgan fingerprint density at radius 1 is 1.00 bits per heavy atom. The third-order valence-corrected chi connectivity index (χ3v) is 5.20. The average molecular weight is 392 g/mol. The number of piperazine rings is 1. The van der Waals surface area contributed by atoms with Crippen molar-refractivity contribution >= 4 is 22.6 Å². The van der Waals surface area contributed by atoms with Crippen molar-refractivity contribution in [2.75, 3.05) is 31.1 Å². The van der Waals surface area contributed by atoms with E-state index in [-0.39, 0.29) is 11.5 Å². The molecule has 150 valence electrons. The Labute approximate surface area is 168 Å². The van der Waals surface area contributed by atoms with E-state index >= 15 is 0 Å². The van der Waals surface area contributed by atoms with E-state index in [0.29, 0.717) is 55.1 Å². The molecule has 0 bridgehead atoms. The zero-order valence-electron chi connectivity index (χ0n) is 16.5. The van der Waals surface area contributed by atoms with Crippen molar-refractivity contribution in [1.29, 1.82) is 0 Å². The van der Waals surface area contributed by atoms with Gasteiger partial charge in [-0.25, -0.2) is 14.6 Å². The van der Waals surface area contributed by atoms with Gasteiger partial charge in [0, 0.05) is 50.5 Å². The van der Waals surface area contributed by atoms with Gasteiger partial charge < -0.3 is 9.80 Å². The van der Waals surface area contributed by atoms with Crippen LogP contribution in [0.25, 0.3) is 10.8 Å². The van der Waals surface area contributed by atoms with Gasteiger partial charge in [-0.1, -0.05) is 31.5 Å². The Hall–Kier alpha value is -3.29. The zero-order valence-corrected chi connectivity index (χ0v) is 16.5. The molecular weight excluding hydrogens is 368 g/mol. The quantitative estimate of drug-likeness (QED) is 0.660. The highest BCUT2D eigenvalue weighted by molar-refractivity contribution is 6.04. The Bertz CT molecular complexity index is 1060. The number of carbonyl (C=O) groups excluding carboxylic acids is 1. The Morgan fingerprint density at radius 3 is 2.38 bits per heavy atom. The SMILES string of the molecule is CCCCn1nc(C(=O)N2CCN(c3ncccn3)CC2)c2ccccc2c1=O. The van der Waals surface area contributed by atoms with Crippen LogP contribution in [-0.4, -0.2) is 56.7 Å². The molecule has 8 nitrogen and oxygen atoms in total. The highest BCUT2D eigenvalue weighted by Crippen LogP contribution is 2.17. The van der Waals surface area contributed by atoms with Gasteiger partial charge in [0.25, 0.3) is 11.5 Å². The summed E-state index contributed by atoms with van der Waals surface area (Å²) < 4.78 is 1.44. The fraction of sp³-hybridized carbons (Fsp3) is 0.381. The Balaban J connectivity index is 1.60. The molecule has 0 aliphatic carbocycles. The predicted octanol–water partition coefficient (Wildman–Crippen LogP) is 1.95. The number of fused-ring (bicyclic) bond motifs is 1. The first kappa shape index (κ1) is 19.0. The van der Waals surface area contributed by atoms with Gasteiger partial charge in [0.1, 0.15) is 0 Å². The summed E-state index contributed by atoms with van der Waals surface area (Å²) in [6.07, 6.45) is 5.23.